The Kier molecular flexibility index (Phi) is 1.75. The van der Waals surface area contributed by atoms with Gasteiger partial charge in [-0.15, -0.1) is 0 Å². The molecule has 48 valence electrons. The molecule has 4 heteroatoms. The van der Waals surface area contributed by atoms with Gasteiger partial charge in [-0.2, -0.15) is 4.39 Å². The van der Waals surface area contributed by atoms with Crippen LogP contribution in [-0.4, -0.2) is 9.97 Å². The van der Waals surface area contributed by atoms with Crippen molar-refractivity contribution in [1.29, 1.82) is 0 Å². The number of aryl methyl sites for hydroxylation is 1. The van der Waals surface area contributed by atoms with Crippen LogP contribution >= 0.6 is 15.9 Å². The molecule has 0 aliphatic carbocycles. The molecule has 0 unspecified atom stereocenters. The smallest absolute Gasteiger partial charge is 0.231 e. The van der Waals surface area contributed by atoms with Crippen LogP contribution in [0.25, 0.3) is 0 Å². The van der Waals surface area contributed by atoms with E-state index in [0.717, 1.165) is 6.20 Å². The Morgan fingerprint density at radius 2 is 2.33 bits per heavy atom. The summed E-state index contributed by atoms with van der Waals surface area (Å²) in [5.74, 6) is -0.546. The normalized spacial score (nSPS) is 9.67. The van der Waals surface area contributed by atoms with E-state index in [1.54, 1.807) is 6.92 Å². The molecule has 0 bridgehead atoms. The topological polar surface area (TPSA) is 25.8 Å². The van der Waals surface area contributed by atoms with E-state index < -0.39 is 5.95 Å². The minimum Gasteiger partial charge on any atom is -0.243 e. The largest absolute Gasteiger partial charge is 0.243 e. The maximum absolute atomic E-state index is 12.2. The number of rotatable bonds is 0. The van der Waals surface area contributed by atoms with Gasteiger partial charge in [0.2, 0.25) is 5.95 Å². The molecular formula is C5H4BrFN2. The molecule has 2 nitrogen and oxygen atoms in total. The number of nitrogens with zero attached hydrogens (tertiary/aromatic N) is 2. The maximum atomic E-state index is 12.2. The third-order valence-corrected chi connectivity index (χ3v) is 1.64. The van der Waals surface area contributed by atoms with E-state index in [2.05, 4.69) is 25.9 Å². The number of hydrogen-bond acceptors (Lipinski definition) is 2. The fourth-order valence-electron chi connectivity index (χ4n) is 0.439. The highest BCUT2D eigenvalue weighted by Crippen LogP contribution is 2.08. The second-order valence-electron chi connectivity index (χ2n) is 1.57. The quantitative estimate of drug-likeness (QED) is 0.623. The van der Waals surface area contributed by atoms with Crippen molar-refractivity contribution in [3.8, 4) is 0 Å². The van der Waals surface area contributed by atoms with Gasteiger partial charge in [0.1, 0.15) is 4.60 Å². The summed E-state index contributed by atoms with van der Waals surface area (Å²) in [6.45, 7) is 1.68. The zero-order valence-electron chi connectivity index (χ0n) is 4.73. The molecule has 1 heterocycles. The highest BCUT2D eigenvalue weighted by molar-refractivity contribution is 9.10. The average Bonchev–Trinajstić information content (AvgIpc) is 1.80. The molecule has 0 saturated carbocycles. The van der Waals surface area contributed by atoms with Crippen LogP contribution in [0.1, 0.15) is 5.69 Å². The van der Waals surface area contributed by atoms with E-state index in [1.165, 1.54) is 0 Å². The number of hydrogen-bond donors (Lipinski definition) is 0. The standard InChI is InChI=1S/C5H4BrFN2/c1-3-5(6)8-2-4(7)9-3/h2H,1H3. The molecule has 0 aliphatic rings. The van der Waals surface area contributed by atoms with Gasteiger partial charge < -0.3 is 0 Å². The summed E-state index contributed by atoms with van der Waals surface area (Å²) in [6.07, 6.45) is 1.07. The van der Waals surface area contributed by atoms with Crippen molar-refractivity contribution in [3.05, 3.63) is 22.4 Å². The lowest BCUT2D eigenvalue weighted by Gasteiger charge is -1.92. The third-order valence-electron chi connectivity index (χ3n) is 0.857. The molecule has 1 aromatic heterocycles. The molecule has 0 radical (unpaired) electrons. The van der Waals surface area contributed by atoms with Gasteiger partial charge in [0, 0.05) is 0 Å². The van der Waals surface area contributed by atoms with Gasteiger partial charge in [0.05, 0.1) is 11.9 Å². The lowest BCUT2D eigenvalue weighted by atomic mass is 10.5. The zero-order chi connectivity index (χ0) is 6.85. The highest BCUT2D eigenvalue weighted by Gasteiger charge is 1.96. The molecule has 0 amide bonds. The first-order valence-corrected chi connectivity index (χ1v) is 3.14. The number of halogens is 2. The first-order valence-electron chi connectivity index (χ1n) is 2.35. The maximum Gasteiger partial charge on any atom is 0.231 e. The molecule has 0 aromatic carbocycles. The Morgan fingerprint density at radius 1 is 1.67 bits per heavy atom. The van der Waals surface area contributed by atoms with Crippen molar-refractivity contribution in [2.24, 2.45) is 0 Å². The molecular weight excluding hydrogens is 187 g/mol. The summed E-state index contributed by atoms with van der Waals surface area (Å²) in [5.41, 5.74) is 0.565. The molecule has 0 atom stereocenters. The zero-order valence-corrected chi connectivity index (χ0v) is 6.31. The summed E-state index contributed by atoms with van der Waals surface area (Å²) in [5, 5.41) is 0. The van der Waals surface area contributed by atoms with Crippen molar-refractivity contribution in [1.82, 2.24) is 9.97 Å². The summed E-state index contributed by atoms with van der Waals surface area (Å²) in [4.78, 5) is 7.15. The van der Waals surface area contributed by atoms with Gasteiger partial charge in [-0.3, -0.25) is 0 Å². The fourth-order valence-corrected chi connectivity index (χ4v) is 0.630. The van der Waals surface area contributed by atoms with Gasteiger partial charge in [-0.05, 0) is 22.9 Å². The SMILES string of the molecule is Cc1nc(F)cnc1Br. The predicted molar refractivity (Wildman–Crippen MR) is 34.4 cm³/mol. The van der Waals surface area contributed by atoms with Crippen molar-refractivity contribution in [2.75, 3.05) is 0 Å². The van der Waals surface area contributed by atoms with Crippen LogP contribution in [-0.2, 0) is 0 Å². The monoisotopic (exact) mass is 190 g/mol. The average molecular weight is 191 g/mol. The molecule has 0 fully saturated rings. The van der Waals surface area contributed by atoms with Gasteiger partial charge in [-0.1, -0.05) is 0 Å². The van der Waals surface area contributed by atoms with E-state index in [-0.39, 0.29) is 0 Å². The molecule has 0 spiro atoms. The lowest BCUT2D eigenvalue weighted by Crippen LogP contribution is -1.89. The van der Waals surface area contributed by atoms with E-state index in [9.17, 15) is 4.39 Å². The number of aromatic nitrogens is 2. The Labute approximate surface area is 60.3 Å². The summed E-state index contributed by atoms with van der Waals surface area (Å²) in [6, 6.07) is 0. The van der Waals surface area contributed by atoms with Gasteiger partial charge >= 0.3 is 0 Å². The lowest BCUT2D eigenvalue weighted by molar-refractivity contribution is 0.571. The van der Waals surface area contributed by atoms with Crippen molar-refractivity contribution < 1.29 is 4.39 Å². The molecule has 0 N–H and O–H groups in total. The summed E-state index contributed by atoms with van der Waals surface area (Å²) >= 11 is 3.09. The Bertz CT molecular complexity index is 226. The van der Waals surface area contributed by atoms with E-state index in [1.807, 2.05) is 0 Å². The highest BCUT2D eigenvalue weighted by atomic mass is 79.9. The molecule has 1 rings (SSSR count). The van der Waals surface area contributed by atoms with Crippen LogP contribution in [0.2, 0.25) is 0 Å². The first-order chi connectivity index (χ1) is 4.20. The summed E-state index contributed by atoms with van der Waals surface area (Å²) in [7, 11) is 0. The van der Waals surface area contributed by atoms with Gasteiger partial charge in [0.15, 0.2) is 0 Å². The Morgan fingerprint density at radius 3 is 2.78 bits per heavy atom. The van der Waals surface area contributed by atoms with E-state index >= 15 is 0 Å². The third kappa shape index (κ3) is 1.45. The van der Waals surface area contributed by atoms with Crippen molar-refractivity contribution in [3.63, 3.8) is 0 Å². The minimum atomic E-state index is -0.546. The van der Waals surface area contributed by atoms with Crippen molar-refractivity contribution >= 4 is 15.9 Å². The second-order valence-corrected chi connectivity index (χ2v) is 2.32. The first kappa shape index (κ1) is 6.61. The second kappa shape index (κ2) is 2.39. The van der Waals surface area contributed by atoms with Crippen LogP contribution < -0.4 is 0 Å². The Balaban J connectivity index is 3.17. The molecule has 0 aliphatic heterocycles. The van der Waals surface area contributed by atoms with Gasteiger partial charge in [0.25, 0.3) is 0 Å². The van der Waals surface area contributed by atoms with Crippen LogP contribution in [0.15, 0.2) is 10.8 Å². The van der Waals surface area contributed by atoms with Crippen LogP contribution in [0, 0.1) is 12.9 Å². The minimum absolute atomic E-state index is 0.546. The van der Waals surface area contributed by atoms with E-state index in [4.69, 9.17) is 0 Å². The van der Waals surface area contributed by atoms with Crippen LogP contribution in [0.5, 0.6) is 0 Å². The van der Waals surface area contributed by atoms with Crippen LogP contribution in [0.3, 0.4) is 0 Å². The molecule has 0 saturated heterocycles. The van der Waals surface area contributed by atoms with E-state index in [0.29, 0.717) is 10.3 Å². The molecule has 1 aromatic rings. The fraction of sp³-hybridized carbons (Fsp3) is 0.200. The van der Waals surface area contributed by atoms with Crippen molar-refractivity contribution in [2.45, 2.75) is 6.92 Å². The predicted octanol–water partition coefficient (Wildman–Crippen LogP) is 1.69. The molecule has 9 heavy (non-hydrogen) atoms. The van der Waals surface area contributed by atoms with Gasteiger partial charge in [-0.25, -0.2) is 9.97 Å². The van der Waals surface area contributed by atoms with Crippen LogP contribution in [0.4, 0.5) is 4.39 Å². The summed E-state index contributed by atoms with van der Waals surface area (Å²) < 4.78 is 12.7. The Hall–Kier alpha value is -0.510.